The molecule has 1 aliphatic heterocycles. The summed E-state index contributed by atoms with van der Waals surface area (Å²) in [7, 11) is 0. The Kier molecular flexibility index (Phi) is 8.73. The number of likely N-dealkylation sites (tertiary alicyclic amines) is 1. The molecule has 2 aromatic rings. The van der Waals surface area contributed by atoms with Gasteiger partial charge in [0.25, 0.3) is 5.91 Å². The molecule has 2 amide bonds. The van der Waals surface area contributed by atoms with Crippen LogP contribution < -0.4 is 21.1 Å². The van der Waals surface area contributed by atoms with Crippen molar-refractivity contribution in [3.05, 3.63) is 59.7 Å². The number of hydrogen-bond acceptors (Lipinski definition) is 5. The number of ether oxygens (including phenoxy) is 1. The fraction of sp³-hybridized carbons (Fsp3) is 0.333. The molecule has 0 aliphatic carbocycles. The second-order valence-electron chi connectivity index (χ2n) is 7.25. The maximum atomic E-state index is 12.4. The van der Waals surface area contributed by atoms with Gasteiger partial charge in [0.05, 0.1) is 12.1 Å². The first-order valence-corrected chi connectivity index (χ1v) is 9.69. The second kappa shape index (κ2) is 11.1. The van der Waals surface area contributed by atoms with E-state index in [0.29, 0.717) is 6.54 Å². The highest BCUT2D eigenvalue weighted by atomic mass is 35.5. The van der Waals surface area contributed by atoms with Gasteiger partial charge in [-0.2, -0.15) is 0 Å². The van der Waals surface area contributed by atoms with Crippen molar-refractivity contribution in [2.24, 2.45) is 0 Å². The molecule has 174 valence electrons. The number of carbonyl (C=O) groups excluding carboxylic acids is 2. The third kappa shape index (κ3) is 7.61. The van der Waals surface area contributed by atoms with E-state index in [-0.39, 0.29) is 42.2 Å². The number of nitrogen functional groups attached to an aromatic ring is 1. The van der Waals surface area contributed by atoms with E-state index in [1.54, 1.807) is 0 Å². The maximum Gasteiger partial charge on any atom is 0.573 e. The fourth-order valence-corrected chi connectivity index (χ4v) is 3.40. The largest absolute Gasteiger partial charge is 0.573 e. The van der Waals surface area contributed by atoms with E-state index in [1.807, 2.05) is 30.3 Å². The summed E-state index contributed by atoms with van der Waals surface area (Å²) in [5.41, 5.74) is 6.63. The summed E-state index contributed by atoms with van der Waals surface area (Å²) in [6, 6.07) is 13.0. The van der Waals surface area contributed by atoms with E-state index in [1.165, 1.54) is 5.56 Å². The standard InChI is InChI=1S/C21H23F3N4O3.ClH/c22-21(23,24)31-16-6-7-18(25)17(10-16)20(30)26-11-19(29)27-15-8-9-28(13-15)12-14-4-2-1-3-5-14;/h1-7,10,15H,8-9,11-13,25H2,(H,26,30)(H,27,29);1H. The Labute approximate surface area is 189 Å². The van der Waals surface area contributed by atoms with Crippen LogP contribution in [0.2, 0.25) is 0 Å². The van der Waals surface area contributed by atoms with Crippen LogP contribution in [0.4, 0.5) is 18.9 Å². The molecule has 1 heterocycles. The van der Waals surface area contributed by atoms with Gasteiger partial charge < -0.3 is 21.1 Å². The van der Waals surface area contributed by atoms with Crippen LogP contribution in [-0.2, 0) is 11.3 Å². The lowest BCUT2D eigenvalue weighted by Crippen LogP contribution is -2.43. The van der Waals surface area contributed by atoms with Crippen LogP contribution in [0.3, 0.4) is 0 Å². The predicted molar refractivity (Wildman–Crippen MR) is 115 cm³/mol. The summed E-state index contributed by atoms with van der Waals surface area (Å²) >= 11 is 0. The Bertz CT molecular complexity index is 928. The minimum Gasteiger partial charge on any atom is -0.406 e. The van der Waals surface area contributed by atoms with Crippen LogP contribution in [0.5, 0.6) is 5.75 Å². The van der Waals surface area contributed by atoms with Crippen molar-refractivity contribution in [2.75, 3.05) is 25.4 Å². The van der Waals surface area contributed by atoms with Crippen molar-refractivity contribution < 1.29 is 27.5 Å². The minimum absolute atomic E-state index is 0. The highest BCUT2D eigenvalue weighted by Crippen LogP contribution is 2.26. The van der Waals surface area contributed by atoms with Crippen molar-refractivity contribution in [3.8, 4) is 5.75 Å². The fourth-order valence-electron chi connectivity index (χ4n) is 3.40. The molecule has 1 aliphatic rings. The van der Waals surface area contributed by atoms with E-state index >= 15 is 0 Å². The molecule has 0 saturated carbocycles. The number of amides is 2. The van der Waals surface area contributed by atoms with Gasteiger partial charge in [-0.05, 0) is 30.2 Å². The van der Waals surface area contributed by atoms with Crippen LogP contribution in [-0.4, -0.2) is 48.8 Å². The molecule has 4 N–H and O–H groups in total. The molecule has 11 heteroatoms. The van der Waals surface area contributed by atoms with Crippen LogP contribution >= 0.6 is 12.4 Å². The van der Waals surface area contributed by atoms with Crippen LogP contribution in [0, 0.1) is 0 Å². The Hall–Kier alpha value is -2.98. The van der Waals surface area contributed by atoms with Crippen molar-refractivity contribution in [3.63, 3.8) is 0 Å². The highest BCUT2D eigenvalue weighted by molar-refractivity contribution is 6.01. The maximum absolute atomic E-state index is 12.4. The molecular formula is C21H24ClF3N4O3. The molecule has 7 nitrogen and oxygen atoms in total. The number of rotatable bonds is 7. The van der Waals surface area contributed by atoms with Gasteiger partial charge in [-0.3, -0.25) is 14.5 Å². The first-order valence-electron chi connectivity index (χ1n) is 9.69. The van der Waals surface area contributed by atoms with Crippen molar-refractivity contribution in [2.45, 2.75) is 25.4 Å². The Morgan fingerprint density at radius 2 is 1.88 bits per heavy atom. The third-order valence-electron chi connectivity index (χ3n) is 4.80. The molecular weight excluding hydrogens is 449 g/mol. The van der Waals surface area contributed by atoms with Crippen LogP contribution in [0.15, 0.2) is 48.5 Å². The molecule has 32 heavy (non-hydrogen) atoms. The Morgan fingerprint density at radius 3 is 2.56 bits per heavy atom. The predicted octanol–water partition coefficient (Wildman–Crippen LogP) is 2.71. The van der Waals surface area contributed by atoms with Gasteiger partial charge in [-0.1, -0.05) is 30.3 Å². The van der Waals surface area contributed by atoms with E-state index in [9.17, 15) is 22.8 Å². The summed E-state index contributed by atoms with van der Waals surface area (Å²) in [4.78, 5) is 26.7. The van der Waals surface area contributed by atoms with Gasteiger partial charge in [-0.15, -0.1) is 25.6 Å². The summed E-state index contributed by atoms with van der Waals surface area (Å²) in [5.74, 6) is -1.72. The normalized spacial score (nSPS) is 16.2. The van der Waals surface area contributed by atoms with Crippen LogP contribution in [0.25, 0.3) is 0 Å². The van der Waals surface area contributed by atoms with E-state index in [4.69, 9.17) is 5.73 Å². The average molecular weight is 473 g/mol. The number of nitrogens with two attached hydrogens (primary N) is 1. The molecule has 2 aromatic carbocycles. The van der Waals surface area contributed by atoms with Gasteiger partial charge in [0.2, 0.25) is 5.91 Å². The van der Waals surface area contributed by atoms with Gasteiger partial charge >= 0.3 is 6.36 Å². The first kappa shape index (κ1) is 25.3. The summed E-state index contributed by atoms with van der Waals surface area (Å²) in [5, 5.41) is 5.23. The molecule has 1 atom stereocenters. The zero-order chi connectivity index (χ0) is 22.4. The lowest BCUT2D eigenvalue weighted by molar-refractivity contribution is -0.274. The Morgan fingerprint density at radius 1 is 1.16 bits per heavy atom. The monoisotopic (exact) mass is 472 g/mol. The highest BCUT2D eigenvalue weighted by Gasteiger charge is 2.31. The Balaban J connectivity index is 0.00000363. The molecule has 1 fully saturated rings. The average Bonchev–Trinajstić information content (AvgIpc) is 3.14. The lowest BCUT2D eigenvalue weighted by atomic mass is 10.1. The topological polar surface area (TPSA) is 96.7 Å². The summed E-state index contributed by atoms with van der Waals surface area (Å²) < 4.78 is 40.9. The smallest absolute Gasteiger partial charge is 0.406 e. The van der Waals surface area contributed by atoms with Crippen molar-refractivity contribution >= 4 is 29.9 Å². The third-order valence-corrected chi connectivity index (χ3v) is 4.80. The summed E-state index contributed by atoms with van der Waals surface area (Å²) in [6.45, 7) is 2.00. The first-order chi connectivity index (χ1) is 14.7. The SMILES string of the molecule is Cl.Nc1ccc(OC(F)(F)F)cc1C(=O)NCC(=O)NC1CCN(Cc2ccccc2)C1. The van der Waals surface area contributed by atoms with Crippen LogP contribution in [0.1, 0.15) is 22.3 Å². The van der Waals surface area contributed by atoms with Gasteiger partial charge in [0.15, 0.2) is 0 Å². The van der Waals surface area contributed by atoms with E-state index in [2.05, 4.69) is 20.3 Å². The number of carbonyl (C=O) groups is 2. The molecule has 3 rings (SSSR count). The lowest BCUT2D eigenvalue weighted by Gasteiger charge is -2.17. The number of hydrogen-bond donors (Lipinski definition) is 3. The van der Waals surface area contributed by atoms with Gasteiger partial charge in [0, 0.05) is 31.4 Å². The number of alkyl halides is 3. The van der Waals surface area contributed by atoms with Crippen molar-refractivity contribution in [1.29, 1.82) is 0 Å². The quantitative estimate of drug-likeness (QED) is 0.538. The van der Waals surface area contributed by atoms with Crippen molar-refractivity contribution in [1.82, 2.24) is 15.5 Å². The molecule has 1 unspecified atom stereocenters. The zero-order valence-corrected chi connectivity index (χ0v) is 17.8. The molecule has 0 radical (unpaired) electrons. The van der Waals surface area contributed by atoms with E-state index in [0.717, 1.165) is 37.7 Å². The number of nitrogens with zero attached hydrogens (tertiary/aromatic N) is 1. The zero-order valence-electron chi connectivity index (χ0n) is 17.0. The molecule has 0 aromatic heterocycles. The van der Waals surface area contributed by atoms with E-state index < -0.39 is 18.0 Å². The molecule has 0 bridgehead atoms. The summed E-state index contributed by atoms with van der Waals surface area (Å²) in [6.07, 6.45) is -4.10. The molecule has 1 saturated heterocycles. The van der Waals surface area contributed by atoms with Gasteiger partial charge in [0.1, 0.15) is 5.75 Å². The minimum atomic E-state index is -4.89. The number of benzene rings is 2. The second-order valence-corrected chi connectivity index (χ2v) is 7.25. The van der Waals surface area contributed by atoms with Gasteiger partial charge in [-0.25, -0.2) is 0 Å². The number of halogens is 4. The number of nitrogens with one attached hydrogen (secondary N) is 2. The molecule has 0 spiro atoms. The number of anilines is 1.